The molecular weight excluding hydrogens is 532 g/mol. The quantitative estimate of drug-likeness (QED) is 0.0772. The first kappa shape index (κ1) is 38.5. The number of allylic oxidation sites excluding steroid dienone is 1. The summed E-state index contributed by atoms with van der Waals surface area (Å²) >= 11 is 0. The van der Waals surface area contributed by atoms with Gasteiger partial charge in [0.2, 0.25) is 0 Å². The van der Waals surface area contributed by atoms with Crippen LogP contribution in [0.2, 0.25) is 0 Å². The van der Waals surface area contributed by atoms with Crippen LogP contribution in [0.15, 0.2) is 24.3 Å². The average molecular weight is 595 g/mol. The predicted octanol–water partition coefficient (Wildman–Crippen LogP) is 7.52. The van der Waals surface area contributed by atoms with Gasteiger partial charge in [0.1, 0.15) is 6.61 Å². The lowest BCUT2D eigenvalue weighted by Crippen LogP contribution is -2.15. The summed E-state index contributed by atoms with van der Waals surface area (Å²) in [6.45, 7) is 20.4. The number of esters is 1. The van der Waals surface area contributed by atoms with E-state index in [2.05, 4.69) is 13.2 Å². The fraction of sp³-hybridized carbons (Fsp3) is 0.829. The Morgan fingerprint density at radius 2 is 1.10 bits per heavy atom. The summed E-state index contributed by atoms with van der Waals surface area (Å²) in [5.41, 5.74) is 1.05. The van der Waals surface area contributed by atoms with Crippen molar-refractivity contribution in [1.82, 2.24) is 0 Å². The number of ether oxygens (including phenoxy) is 5. The van der Waals surface area contributed by atoms with Gasteiger partial charge in [0, 0.05) is 58.2 Å². The molecule has 0 N–H and O–H groups in total. The van der Waals surface area contributed by atoms with Gasteiger partial charge in [0.05, 0.1) is 6.61 Å². The van der Waals surface area contributed by atoms with E-state index >= 15 is 0 Å². The maximum Gasteiger partial charge on any atom is 0.333 e. The number of fused-ring (bicyclic) bond motifs is 5. The lowest BCUT2D eigenvalue weighted by atomic mass is 9.82. The predicted molar refractivity (Wildman–Crippen MR) is 170 cm³/mol. The van der Waals surface area contributed by atoms with Gasteiger partial charge < -0.3 is 23.7 Å². The van der Waals surface area contributed by atoms with Crippen molar-refractivity contribution < 1.29 is 33.3 Å². The van der Waals surface area contributed by atoms with Gasteiger partial charge in [-0.15, -0.1) is 0 Å². The van der Waals surface area contributed by atoms with E-state index in [9.17, 15) is 9.59 Å². The van der Waals surface area contributed by atoms with Crippen molar-refractivity contribution in [1.29, 1.82) is 0 Å². The summed E-state index contributed by atoms with van der Waals surface area (Å²) in [5, 5.41) is 0. The summed E-state index contributed by atoms with van der Waals surface area (Å²) in [5.74, 6) is 4.58. The second kappa shape index (κ2) is 24.9. The molecule has 7 heteroatoms. The number of carbonyl (C=O) groups is 2. The smallest absolute Gasteiger partial charge is 0.333 e. The first-order valence-electron chi connectivity index (χ1n) is 16.6. The standard InChI is InChI=1S/C13H24O3.C12H22O4.C10H16/c1-4-15-9-5-6-10-16-11-7-8-13(14)12(2)3;1-4-14-7-5-6-8-15-9-10-16-12(13)11(2)3;1-2-9-7-4-5-8(6-7)10(9)3-1/h2,4-11H2,1,3H3;2,4-10H2,1,3H3;7-10H,1-6H2. The van der Waals surface area contributed by atoms with Crippen LogP contribution in [-0.4, -0.2) is 71.2 Å². The average Bonchev–Trinajstić information content (AvgIpc) is 3.72. The molecule has 0 heterocycles. The number of ketones is 1. The minimum absolute atomic E-state index is 0.139. The highest BCUT2D eigenvalue weighted by atomic mass is 16.6. The van der Waals surface area contributed by atoms with Crippen molar-refractivity contribution >= 4 is 11.8 Å². The maximum absolute atomic E-state index is 11.2. The number of carbonyl (C=O) groups excluding carboxylic acids is 2. The van der Waals surface area contributed by atoms with Crippen LogP contribution in [0.3, 0.4) is 0 Å². The molecule has 3 aliphatic rings. The van der Waals surface area contributed by atoms with Gasteiger partial charge >= 0.3 is 5.97 Å². The molecule has 7 nitrogen and oxygen atoms in total. The summed E-state index contributed by atoms with van der Waals surface area (Å²) < 4.78 is 25.9. The molecule has 4 unspecified atom stereocenters. The Morgan fingerprint density at radius 3 is 1.57 bits per heavy atom. The maximum atomic E-state index is 11.2. The third-order valence-electron chi connectivity index (χ3n) is 8.39. The van der Waals surface area contributed by atoms with Crippen LogP contribution in [0.25, 0.3) is 0 Å². The van der Waals surface area contributed by atoms with E-state index in [1.165, 1.54) is 23.7 Å². The second-order valence-electron chi connectivity index (χ2n) is 11.8. The molecule has 0 saturated heterocycles. The molecule has 0 aromatic carbocycles. The van der Waals surface area contributed by atoms with E-state index in [0.717, 1.165) is 65.1 Å². The van der Waals surface area contributed by atoms with Crippen LogP contribution >= 0.6 is 0 Å². The van der Waals surface area contributed by atoms with Crippen LogP contribution < -0.4 is 0 Å². The van der Waals surface area contributed by atoms with Crippen molar-refractivity contribution in [2.45, 2.75) is 105 Å². The Bertz CT molecular complexity index is 690. The van der Waals surface area contributed by atoms with Crippen LogP contribution in [-0.2, 0) is 33.3 Å². The molecule has 42 heavy (non-hydrogen) atoms. The van der Waals surface area contributed by atoms with Gasteiger partial charge in [-0.2, -0.15) is 0 Å². The molecule has 3 rings (SSSR count). The zero-order valence-corrected chi connectivity index (χ0v) is 27.4. The van der Waals surface area contributed by atoms with Crippen molar-refractivity contribution in [2.24, 2.45) is 23.7 Å². The molecule has 3 aliphatic carbocycles. The third kappa shape index (κ3) is 17.5. The van der Waals surface area contributed by atoms with E-state index in [0.29, 0.717) is 37.4 Å². The summed E-state index contributed by atoms with van der Waals surface area (Å²) in [6.07, 6.45) is 14.9. The van der Waals surface area contributed by atoms with Gasteiger partial charge in [-0.1, -0.05) is 19.6 Å². The molecule has 0 spiro atoms. The Morgan fingerprint density at radius 1 is 0.619 bits per heavy atom. The number of hydrogen-bond acceptors (Lipinski definition) is 7. The van der Waals surface area contributed by atoms with Crippen LogP contribution in [0.1, 0.15) is 105 Å². The van der Waals surface area contributed by atoms with E-state index in [-0.39, 0.29) is 18.4 Å². The normalized spacial score (nSPS) is 21.5. The summed E-state index contributed by atoms with van der Waals surface area (Å²) in [7, 11) is 0. The lowest BCUT2D eigenvalue weighted by molar-refractivity contribution is -0.140. The van der Waals surface area contributed by atoms with Gasteiger partial charge in [-0.25, -0.2) is 4.79 Å². The van der Waals surface area contributed by atoms with Crippen LogP contribution in [0.4, 0.5) is 0 Å². The molecule has 0 radical (unpaired) electrons. The molecule has 0 aromatic heterocycles. The zero-order valence-electron chi connectivity index (χ0n) is 27.4. The van der Waals surface area contributed by atoms with E-state index in [4.69, 9.17) is 23.7 Å². The van der Waals surface area contributed by atoms with Gasteiger partial charge in [0.25, 0.3) is 0 Å². The van der Waals surface area contributed by atoms with Gasteiger partial charge in [-0.3, -0.25) is 4.79 Å². The molecule has 0 aliphatic heterocycles. The number of rotatable bonds is 21. The highest BCUT2D eigenvalue weighted by Gasteiger charge is 2.48. The largest absolute Gasteiger partial charge is 0.460 e. The Kier molecular flexibility index (Phi) is 22.8. The Hall–Kier alpha value is -1.54. The minimum Gasteiger partial charge on any atom is -0.460 e. The molecule has 244 valence electrons. The molecular formula is C35H62O7. The van der Waals surface area contributed by atoms with Gasteiger partial charge in [0.15, 0.2) is 5.78 Å². The Labute approximate surface area is 257 Å². The number of Topliss-reactive ketones (excluding diaryl/α,β-unsaturated/α-hetero) is 1. The van der Waals surface area contributed by atoms with Crippen LogP contribution in [0, 0.1) is 23.7 Å². The molecule has 4 atom stereocenters. The molecule has 3 fully saturated rings. The summed E-state index contributed by atoms with van der Waals surface area (Å²) in [6, 6.07) is 0. The van der Waals surface area contributed by atoms with Crippen molar-refractivity contribution in [3.05, 3.63) is 24.3 Å². The monoisotopic (exact) mass is 594 g/mol. The molecule has 0 amide bonds. The van der Waals surface area contributed by atoms with E-state index in [1.54, 1.807) is 52.4 Å². The highest BCUT2D eigenvalue weighted by Crippen LogP contribution is 2.58. The lowest BCUT2D eigenvalue weighted by Gasteiger charge is -2.23. The van der Waals surface area contributed by atoms with Crippen molar-refractivity contribution in [3.8, 4) is 0 Å². The van der Waals surface area contributed by atoms with Crippen molar-refractivity contribution in [2.75, 3.05) is 59.5 Å². The molecule has 3 saturated carbocycles. The minimum atomic E-state index is -0.361. The van der Waals surface area contributed by atoms with Crippen molar-refractivity contribution in [3.63, 3.8) is 0 Å². The first-order chi connectivity index (χ1) is 20.3. The topological polar surface area (TPSA) is 80.3 Å². The molecule has 2 bridgehead atoms. The van der Waals surface area contributed by atoms with E-state index < -0.39 is 0 Å². The summed E-state index contributed by atoms with van der Waals surface area (Å²) in [4.78, 5) is 22.1. The second-order valence-corrected chi connectivity index (χ2v) is 11.8. The Balaban J connectivity index is 0.000000321. The highest BCUT2D eigenvalue weighted by molar-refractivity contribution is 5.94. The van der Waals surface area contributed by atoms with Gasteiger partial charge in [-0.05, 0) is 121 Å². The van der Waals surface area contributed by atoms with E-state index in [1.807, 2.05) is 13.8 Å². The third-order valence-corrected chi connectivity index (χ3v) is 8.39. The van der Waals surface area contributed by atoms with Crippen LogP contribution in [0.5, 0.6) is 0 Å². The SMILES string of the molecule is C1CC2C3CCC(C3)C2C1.C=C(C)C(=O)CCCOCCCCOCC.C=C(C)C(=O)OCCOCCCCOCC. The fourth-order valence-corrected chi connectivity index (χ4v) is 6.19. The number of unbranched alkanes of at least 4 members (excludes halogenated alkanes) is 2. The fourth-order valence-electron chi connectivity index (χ4n) is 6.19. The first-order valence-corrected chi connectivity index (χ1v) is 16.6. The number of hydrogen-bond donors (Lipinski definition) is 0. The zero-order chi connectivity index (χ0) is 31.0. The molecule has 0 aromatic rings.